The molecule has 0 aliphatic carbocycles. The molecule has 1 aliphatic heterocycles. The second kappa shape index (κ2) is 11.3. The Kier molecular flexibility index (Phi) is 7.59. The standard InChI is InChI=1S/C32H28N6O2.ClH/c1-4-27(39)38-17-16-24(18-38)21-8-10-23(11-9-21)30-28(29-31(33)34-19-35-32(29)37(30)3)22-12-14-25(15-13-22)40-26-7-5-6-20(2)36-26;/h4-16,19H,1,17-18H2,2-3H3,(H2,33,34,35);1H. The lowest BCUT2D eigenvalue weighted by Gasteiger charge is -2.14. The molecule has 0 unspecified atom stereocenters. The van der Waals surface area contributed by atoms with Crippen LogP contribution in [0.3, 0.4) is 0 Å². The van der Waals surface area contributed by atoms with E-state index in [0.29, 0.717) is 30.5 Å². The predicted octanol–water partition coefficient (Wildman–Crippen LogP) is 6.21. The number of fused-ring (bicyclic) bond motifs is 1. The molecule has 9 heteroatoms. The van der Waals surface area contributed by atoms with Crippen molar-refractivity contribution in [2.45, 2.75) is 6.92 Å². The van der Waals surface area contributed by atoms with Gasteiger partial charge in [-0.2, -0.15) is 0 Å². The lowest BCUT2D eigenvalue weighted by molar-refractivity contribution is -0.124. The number of hydrogen-bond donors (Lipinski definition) is 1. The van der Waals surface area contributed by atoms with Crippen LogP contribution in [0.5, 0.6) is 11.6 Å². The van der Waals surface area contributed by atoms with Gasteiger partial charge in [0.25, 0.3) is 0 Å². The third kappa shape index (κ3) is 5.17. The van der Waals surface area contributed by atoms with Crippen LogP contribution in [0.15, 0.2) is 91.8 Å². The summed E-state index contributed by atoms with van der Waals surface area (Å²) < 4.78 is 8.03. The van der Waals surface area contributed by atoms with E-state index in [9.17, 15) is 4.79 Å². The fourth-order valence-electron chi connectivity index (χ4n) is 5.18. The molecule has 8 nitrogen and oxygen atoms in total. The van der Waals surface area contributed by atoms with Crippen LogP contribution in [0.25, 0.3) is 39.0 Å². The van der Waals surface area contributed by atoms with E-state index in [1.165, 1.54) is 12.4 Å². The van der Waals surface area contributed by atoms with Gasteiger partial charge in [-0.3, -0.25) is 4.79 Å². The average Bonchev–Trinajstić information content (AvgIpc) is 3.57. The Labute approximate surface area is 244 Å². The quantitative estimate of drug-likeness (QED) is 0.246. The van der Waals surface area contributed by atoms with E-state index >= 15 is 0 Å². The first-order valence-corrected chi connectivity index (χ1v) is 12.9. The van der Waals surface area contributed by atoms with Gasteiger partial charge in [0, 0.05) is 37.5 Å². The monoisotopic (exact) mass is 564 g/mol. The van der Waals surface area contributed by atoms with Crippen molar-refractivity contribution in [2.24, 2.45) is 7.05 Å². The number of nitrogens with two attached hydrogens (primary N) is 1. The number of aryl methyl sites for hydroxylation is 2. The van der Waals surface area contributed by atoms with E-state index in [1.807, 2.05) is 56.4 Å². The van der Waals surface area contributed by atoms with Crippen LogP contribution < -0.4 is 10.5 Å². The van der Waals surface area contributed by atoms with E-state index in [0.717, 1.165) is 50.2 Å². The number of pyridine rings is 1. The van der Waals surface area contributed by atoms with E-state index in [2.05, 4.69) is 56.4 Å². The molecular weight excluding hydrogens is 536 g/mol. The molecular formula is C32H29ClN6O2. The molecule has 0 spiro atoms. The number of anilines is 1. The van der Waals surface area contributed by atoms with Crippen molar-refractivity contribution < 1.29 is 9.53 Å². The third-order valence-corrected chi connectivity index (χ3v) is 7.16. The molecule has 4 heterocycles. The van der Waals surface area contributed by atoms with Crippen molar-refractivity contribution >= 4 is 40.7 Å². The molecule has 2 aromatic carbocycles. The van der Waals surface area contributed by atoms with Crippen molar-refractivity contribution in [3.05, 3.63) is 103 Å². The number of carbonyl (C=O) groups is 1. The van der Waals surface area contributed by atoms with Gasteiger partial charge in [0.15, 0.2) is 0 Å². The predicted molar refractivity (Wildman–Crippen MR) is 165 cm³/mol. The number of nitrogens with zero attached hydrogens (tertiary/aromatic N) is 5. The van der Waals surface area contributed by atoms with Crippen molar-refractivity contribution in [3.8, 4) is 34.0 Å². The van der Waals surface area contributed by atoms with Crippen LogP contribution in [-0.4, -0.2) is 43.4 Å². The van der Waals surface area contributed by atoms with Gasteiger partial charge in [-0.05, 0) is 53.5 Å². The Balaban J connectivity index is 0.00000337. The molecule has 1 amide bonds. The van der Waals surface area contributed by atoms with E-state index in [1.54, 1.807) is 4.90 Å². The van der Waals surface area contributed by atoms with E-state index < -0.39 is 0 Å². The molecule has 206 valence electrons. The smallest absolute Gasteiger partial charge is 0.246 e. The Morgan fingerprint density at radius 2 is 1.71 bits per heavy atom. The number of halogens is 1. The fraction of sp³-hybridized carbons (Fsp3) is 0.125. The number of nitrogen functional groups attached to an aromatic ring is 1. The lowest BCUT2D eigenvalue weighted by atomic mass is 9.97. The van der Waals surface area contributed by atoms with Gasteiger partial charge >= 0.3 is 0 Å². The number of hydrogen-bond acceptors (Lipinski definition) is 6. The highest BCUT2D eigenvalue weighted by molar-refractivity contribution is 6.07. The first-order chi connectivity index (χ1) is 19.4. The van der Waals surface area contributed by atoms with Gasteiger partial charge in [0.2, 0.25) is 11.8 Å². The maximum Gasteiger partial charge on any atom is 0.246 e. The summed E-state index contributed by atoms with van der Waals surface area (Å²) in [5.41, 5.74) is 14.2. The molecule has 6 rings (SSSR count). The second-order valence-corrected chi connectivity index (χ2v) is 9.71. The minimum Gasteiger partial charge on any atom is -0.439 e. The average molecular weight is 565 g/mol. The van der Waals surface area contributed by atoms with Crippen LogP contribution in [0.1, 0.15) is 11.3 Å². The second-order valence-electron chi connectivity index (χ2n) is 9.71. The minimum absolute atomic E-state index is 0. The number of ether oxygens (including phenoxy) is 1. The molecule has 0 saturated heterocycles. The number of carbonyl (C=O) groups excluding carboxylic acids is 1. The van der Waals surface area contributed by atoms with Crippen LogP contribution in [0, 0.1) is 6.92 Å². The summed E-state index contributed by atoms with van der Waals surface area (Å²) in [7, 11) is 1.99. The van der Waals surface area contributed by atoms with Gasteiger partial charge in [0.1, 0.15) is 23.5 Å². The van der Waals surface area contributed by atoms with Crippen LogP contribution in [0.4, 0.5) is 5.82 Å². The van der Waals surface area contributed by atoms with Gasteiger partial charge in [0.05, 0.1) is 11.1 Å². The maximum atomic E-state index is 12.0. The minimum atomic E-state index is -0.0618. The van der Waals surface area contributed by atoms with Crippen molar-refractivity contribution in [2.75, 3.05) is 18.8 Å². The Bertz CT molecular complexity index is 1790. The van der Waals surface area contributed by atoms with Gasteiger partial charge < -0.3 is 19.9 Å². The zero-order valence-electron chi connectivity index (χ0n) is 22.7. The number of amides is 1. The molecule has 41 heavy (non-hydrogen) atoms. The van der Waals surface area contributed by atoms with Gasteiger partial charge in [-0.25, -0.2) is 15.0 Å². The zero-order valence-corrected chi connectivity index (χ0v) is 23.6. The maximum absolute atomic E-state index is 12.0. The van der Waals surface area contributed by atoms with Gasteiger partial charge in [-0.15, -0.1) is 12.4 Å². The molecule has 0 bridgehead atoms. The van der Waals surface area contributed by atoms with Crippen LogP contribution in [0.2, 0.25) is 0 Å². The summed E-state index contributed by atoms with van der Waals surface area (Å²) in [6.45, 7) is 6.69. The molecule has 5 aromatic rings. The molecule has 0 atom stereocenters. The SMILES string of the molecule is C=CC(=O)N1CC=C(c2ccc(-c3c(-c4ccc(Oc5cccc(C)n5)cc4)c4c(N)ncnc4n3C)cc2)C1.Cl. The summed E-state index contributed by atoms with van der Waals surface area (Å²) in [6.07, 6.45) is 4.93. The first-order valence-electron chi connectivity index (χ1n) is 12.9. The third-order valence-electron chi connectivity index (χ3n) is 7.16. The van der Waals surface area contributed by atoms with Crippen molar-refractivity contribution in [1.29, 1.82) is 0 Å². The largest absolute Gasteiger partial charge is 0.439 e. The summed E-state index contributed by atoms with van der Waals surface area (Å²) in [5, 5.41) is 0.801. The summed E-state index contributed by atoms with van der Waals surface area (Å²) in [6, 6.07) is 21.9. The first kappa shape index (κ1) is 27.6. The topological polar surface area (TPSA) is 99.2 Å². The Morgan fingerprint density at radius 3 is 2.41 bits per heavy atom. The van der Waals surface area contributed by atoms with E-state index in [4.69, 9.17) is 10.5 Å². The number of benzene rings is 2. The van der Waals surface area contributed by atoms with Gasteiger partial charge in [-0.1, -0.05) is 55.1 Å². The molecule has 1 aliphatic rings. The summed E-state index contributed by atoms with van der Waals surface area (Å²) in [4.78, 5) is 27.1. The molecule has 0 fully saturated rings. The normalized spacial score (nSPS) is 12.6. The highest BCUT2D eigenvalue weighted by Gasteiger charge is 2.23. The fourth-order valence-corrected chi connectivity index (χ4v) is 5.18. The number of rotatable bonds is 6. The molecule has 0 saturated carbocycles. The Hall–Kier alpha value is -4.95. The van der Waals surface area contributed by atoms with Crippen LogP contribution in [-0.2, 0) is 11.8 Å². The lowest BCUT2D eigenvalue weighted by Crippen LogP contribution is -2.26. The molecule has 3 aromatic heterocycles. The number of aromatic nitrogens is 4. The molecule has 0 radical (unpaired) electrons. The molecule has 2 N–H and O–H groups in total. The highest BCUT2D eigenvalue weighted by Crippen LogP contribution is 2.42. The zero-order chi connectivity index (χ0) is 27.8. The van der Waals surface area contributed by atoms with E-state index in [-0.39, 0.29) is 18.3 Å². The summed E-state index contributed by atoms with van der Waals surface area (Å²) >= 11 is 0. The Morgan fingerprint density at radius 1 is 1.00 bits per heavy atom. The van der Waals surface area contributed by atoms with Crippen molar-refractivity contribution in [3.63, 3.8) is 0 Å². The summed E-state index contributed by atoms with van der Waals surface area (Å²) in [5.74, 6) is 1.59. The highest BCUT2D eigenvalue weighted by atomic mass is 35.5. The van der Waals surface area contributed by atoms with Crippen molar-refractivity contribution in [1.82, 2.24) is 24.4 Å². The van der Waals surface area contributed by atoms with Crippen LogP contribution >= 0.6 is 12.4 Å².